The van der Waals surface area contributed by atoms with E-state index in [0.717, 1.165) is 136 Å². The summed E-state index contributed by atoms with van der Waals surface area (Å²) in [7, 11) is 1.78. The van der Waals surface area contributed by atoms with Crippen LogP contribution in [0.5, 0.6) is 11.5 Å². The van der Waals surface area contributed by atoms with E-state index in [1.807, 2.05) is 76.2 Å². The average Bonchev–Trinajstić information content (AvgIpc) is 3.90. The Bertz CT molecular complexity index is 2630. The Labute approximate surface area is 462 Å². The molecular formula is C62H87N7O9. The molecule has 4 fully saturated rings. The van der Waals surface area contributed by atoms with Crippen LogP contribution in [-0.4, -0.2) is 149 Å². The summed E-state index contributed by atoms with van der Waals surface area (Å²) in [6.07, 6.45) is 10.3. The van der Waals surface area contributed by atoms with Gasteiger partial charge in [0.15, 0.2) is 0 Å². The van der Waals surface area contributed by atoms with Crippen LogP contribution in [0, 0.1) is 32.6 Å². The van der Waals surface area contributed by atoms with E-state index in [1.54, 1.807) is 7.05 Å². The van der Waals surface area contributed by atoms with Crippen LogP contribution < -0.4 is 35.9 Å². The second-order valence-electron chi connectivity index (χ2n) is 21.9. The van der Waals surface area contributed by atoms with Crippen LogP contribution in [0.3, 0.4) is 0 Å². The van der Waals surface area contributed by atoms with Crippen molar-refractivity contribution in [2.45, 2.75) is 130 Å². The standard InChI is InChI=1S/C62H87N7O9/c1-7-68(51-24-29-74-30-25-51)56-39-50(38-54(44(56)4)60(71)64-40-55-42(2)37-43(3)65-61(55)72)47-15-19-53(20-16-47)78-36-34-76-32-31-75-33-35-77-52-17-13-46(14-18-52)21-26-67-27-22-48-23-28-69(57(48)41-67)62(73)58(49-11-9-8-10-12-49)66-59(70)45(5)63-6/h13-20,37-39,45,48-49,51,57-58,63H,7-12,21-36,40-41H2,1-6H3,(H,64,71)(H,65,72)(H,66,70)/t45-,48+,57?,58-/m0/s1. The highest BCUT2D eigenvalue weighted by atomic mass is 16.6. The van der Waals surface area contributed by atoms with Crippen molar-refractivity contribution in [3.63, 3.8) is 0 Å². The molecule has 4 aromatic rings. The number of amides is 3. The van der Waals surface area contributed by atoms with Gasteiger partial charge in [-0.1, -0.05) is 43.5 Å². The van der Waals surface area contributed by atoms with Gasteiger partial charge in [-0.15, -0.1) is 0 Å². The third kappa shape index (κ3) is 15.5. The minimum absolute atomic E-state index is 0.0959. The minimum atomic E-state index is -0.445. The highest BCUT2D eigenvalue weighted by Crippen LogP contribution is 2.37. The monoisotopic (exact) mass is 1070 g/mol. The Morgan fingerprint density at radius 2 is 1.45 bits per heavy atom. The number of H-pyrrole nitrogens is 1. The molecule has 3 amide bonds. The van der Waals surface area contributed by atoms with Crippen LogP contribution >= 0.6 is 0 Å². The second-order valence-corrected chi connectivity index (χ2v) is 21.9. The largest absolute Gasteiger partial charge is 0.491 e. The van der Waals surface area contributed by atoms with Crippen molar-refractivity contribution >= 4 is 23.4 Å². The van der Waals surface area contributed by atoms with E-state index in [2.05, 4.69) is 60.8 Å². The molecule has 3 aliphatic heterocycles. The number of pyridine rings is 1. The maximum Gasteiger partial charge on any atom is 0.253 e. The van der Waals surface area contributed by atoms with Gasteiger partial charge in [0.1, 0.15) is 30.8 Å². The molecule has 4 atom stereocenters. The summed E-state index contributed by atoms with van der Waals surface area (Å²) < 4.78 is 29.3. The SMILES string of the molecule is CCN(c1cc(-c2ccc(OCCOCCOCCOc3ccc(CCN4CC[C@@H]5CCN(C(=O)[C@@H](NC(=O)[C@H](C)NC)C6CCCCC6)C5C4)cc3)cc2)cc(C(=O)NCc2c(C)cc(C)[nH]c2=O)c1C)C1CCOCC1. The molecule has 16 heteroatoms. The molecule has 1 aliphatic carbocycles. The Balaban J connectivity index is 0.731. The van der Waals surface area contributed by atoms with E-state index in [-0.39, 0.29) is 47.8 Å². The van der Waals surface area contributed by atoms with Gasteiger partial charge in [-0.05, 0) is 175 Å². The number of benzene rings is 3. The number of ether oxygens (including phenoxy) is 5. The number of nitrogens with zero attached hydrogens (tertiary/aromatic N) is 3. The molecule has 78 heavy (non-hydrogen) atoms. The van der Waals surface area contributed by atoms with Crippen molar-refractivity contribution in [2.24, 2.45) is 11.8 Å². The second kappa shape index (κ2) is 28.9. The van der Waals surface area contributed by atoms with Crippen molar-refractivity contribution in [1.82, 2.24) is 30.7 Å². The number of aryl methyl sites for hydroxylation is 2. The number of likely N-dealkylation sites (tertiary alicyclic amines) is 2. The van der Waals surface area contributed by atoms with Crippen LogP contribution in [0.25, 0.3) is 11.1 Å². The van der Waals surface area contributed by atoms with Gasteiger partial charge in [0.2, 0.25) is 11.8 Å². The van der Waals surface area contributed by atoms with E-state index in [0.29, 0.717) is 75.9 Å². The molecule has 3 saturated heterocycles. The molecule has 1 saturated carbocycles. The quantitative estimate of drug-likeness (QED) is 0.0456. The Morgan fingerprint density at radius 3 is 2.10 bits per heavy atom. The molecule has 3 aromatic carbocycles. The van der Waals surface area contributed by atoms with E-state index < -0.39 is 6.04 Å². The van der Waals surface area contributed by atoms with Crippen molar-refractivity contribution in [3.8, 4) is 22.6 Å². The third-order valence-electron chi connectivity index (χ3n) is 16.8. The van der Waals surface area contributed by atoms with Gasteiger partial charge in [0.25, 0.3) is 11.5 Å². The predicted octanol–water partition coefficient (Wildman–Crippen LogP) is 7.53. The lowest BCUT2D eigenvalue weighted by Gasteiger charge is -2.41. The number of carbonyl (C=O) groups is 3. The lowest BCUT2D eigenvalue weighted by atomic mass is 9.83. The van der Waals surface area contributed by atoms with Gasteiger partial charge in [-0.25, -0.2) is 0 Å². The topological polar surface area (TPSA) is 176 Å². The Morgan fingerprint density at radius 1 is 0.795 bits per heavy atom. The number of aromatic nitrogens is 1. The summed E-state index contributed by atoms with van der Waals surface area (Å²) in [6.45, 7) is 18.3. The number of fused-ring (bicyclic) bond motifs is 1. The average molecular weight is 1070 g/mol. The normalized spacial score (nSPS) is 19.0. The Kier molecular flexibility index (Phi) is 21.6. The molecule has 16 nitrogen and oxygen atoms in total. The number of carbonyl (C=O) groups excluding carboxylic acids is 3. The first-order chi connectivity index (χ1) is 37.9. The fourth-order valence-corrected chi connectivity index (χ4v) is 12.0. The molecule has 1 aromatic heterocycles. The smallest absolute Gasteiger partial charge is 0.253 e. The zero-order valence-corrected chi connectivity index (χ0v) is 47.3. The number of nitrogens with one attached hydrogen (secondary N) is 4. The van der Waals surface area contributed by atoms with Crippen LogP contribution in [0.1, 0.15) is 110 Å². The van der Waals surface area contributed by atoms with E-state index in [1.165, 1.54) is 12.0 Å². The van der Waals surface area contributed by atoms with Gasteiger partial charge in [0, 0.05) is 80.5 Å². The number of likely N-dealkylation sites (N-methyl/N-ethyl adjacent to an activating group) is 1. The molecule has 424 valence electrons. The van der Waals surface area contributed by atoms with Crippen molar-refractivity contribution in [2.75, 3.05) is 97.5 Å². The molecule has 4 N–H and O–H groups in total. The first-order valence-electron chi connectivity index (χ1n) is 29.0. The molecule has 4 aliphatic rings. The summed E-state index contributed by atoms with van der Waals surface area (Å²) >= 11 is 0. The molecule has 1 unspecified atom stereocenters. The molecular weight excluding hydrogens is 987 g/mol. The van der Waals surface area contributed by atoms with E-state index in [9.17, 15) is 19.2 Å². The number of hydrogen-bond donors (Lipinski definition) is 4. The molecule has 0 spiro atoms. The number of rotatable bonds is 26. The first kappa shape index (κ1) is 58.4. The fraction of sp³-hybridized carbons (Fsp3) is 0.581. The number of aromatic amines is 1. The summed E-state index contributed by atoms with van der Waals surface area (Å²) in [5.41, 5.74) is 7.61. The van der Waals surface area contributed by atoms with Crippen LogP contribution in [-0.2, 0) is 36.8 Å². The first-order valence-corrected chi connectivity index (χ1v) is 29.0. The van der Waals surface area contributed by atoms with Crippen molar-refractivity contribution in [3.05, 3.63) is 111 Å². The van der Waals surface area contributed by atoms with Gasteiger partial charge in [0.05, 0.1) is 32.5 Å². The summed E-state index contributed by atoms with van der Waals surface area (Å²) in [6, 6.07) is 22.0. The predicted molar refractivity (Wildman–Crippen MR) is 306 cm³/mol. The number of anilines is 1. The van der Waals surface area contributed by atoms with E-state index in [4.69, 9.17) is 23.7 Å². The highest BCUT2D eigenvalue weighted by molar-refractivity contribution is 5.99. The van der Waals surface area contributed by atoms with Gasteiger partial charge in [-0.2, -0.15) is 0 Å². The Hall–Kier alpha value is -5.78. The van der Waals surface area contributed by atoms with Crippen molar-refractivity contribution < 1.29 is 38.1 Å². The zero-order valence-electron chi connectivity index (χ0n) is 47.3. The van der Waals surface area contributed by atoms with Crippen LogP contribution in [0.2, 0.25) is 0 Å². The number of piperidine rings is 1. The van der Waals surface area contributed by atoms with Crippen LogP contribution in [0.4, 0.5) is 5.69 Å². The van der Waals surface area contributed by atoms with Crippen molar-refractivity contribution in [1.29, 1.82) is 0 Å². The summed E-state index contributed by atoms with van der Waals surface area (Å²) in [5.74, 6) is 2.05. The summed E-state index contributed by atoms with van der Waals surface area (Å²) in [4.78, 5) is 63.9. The maximum absolute atomic E-state index is 14.3. The van der Waals surface area contributed by atoms with Gasteiger partial charge in [-0.3, -0.25) is 19.2 Å². The number of hydrogen-bond acceptors (Lipinski definition) is 12. The molecule has 0 radical (unpaired) electrons. The highest BCUT2D eigenvalue weighted by Gasteiger charge is 2.44. The maximum atomic E-state index is 14.3. The van der Waals surface area contributed by atoms with E-state index >= 15 is 0 Å². The molecule has 8 rings (SSSR count). The van der Waals surface area contributed by atoms with Crippen LogP contribution in [0.15, 0.2) is 71.5 Å². The third-order valence-corrected chi connectivity index (χ3v) is 16.8. The fourth-order valence-electron chi connectivity index (χ4n) is 12.0. The lowest BCUT2D eigenvalue weighted by Crippen LogP contribution is -2.58. The van der Waals surface area contributed by atoms with Gasteiger partial charge < -0.3 is 59.3 Å². The summed E-state index contributed by atoms with van der Waals surface area (Å²) in [5, 5.41) is 9.26. The zero-order chi connectivity index (χ0) is 55.0. The molecule has 0 bridgehead atoms. The molecule has 4 heterocycles. The lowest BCUT2D eigenvalue weighted by molar-refractivity contribution is -0.140. The van der Waals surface area contributed by atoms with Gasteiger partial charge >= 0.3 is 0 Å². The minimum Gasteiger partial charge on any atom is -0.491 e.